The van der Waals surface area contributed by atoms with Crippen molar-refractivity contribution in [3.8, 4) is 0 Å². The summed E-state index contributed by atoms with van der Waals surface area (Å²) in [6.45, 7) is 12.4. The van der Waals surface area contributed by atoms with E-state index in [0.717, 1.165) is 24.3 Å². The summed E-state index contributed by atoms with van der Waals surface area (Å²) in [5.41, 5.74) is 5.66. The topological polar surface area (TPSA) is 26.0 Å². The van der Waals surface area contributed by atoms with E-state index in [-0.39, 0.29) is 0 Å². The van der Waals surface area contributed by atoms with E-state index >= 15 is 0 Å². The Labute approximate surface area is 90.5 Å². The number of nitrogens with two attached hydrogens (primary N) is 1. The van der Waals surface area contributed by atoms with E-state index in [1.807, 2.05) is 0 Å². The van der Waals surface area contributed by atoms with Crippen molar-refractivity contribution in [1.82, 2.24) is 0 Å². The third-order valence-electron chi connectivity index (χ3n) is 3.33. The van der Waals surface area contributed by atoms with Crippen LogP contribution in [0, 0.1) is 23.7 Å². The Morgan fingerprint density at radius 2 is 1.43 bits per heavy atom. The summed E-state index contributed by atoms with van der Waals surface area (Å²) >= 11 is 0. The van der Waals surface area contributed by atoms with Crippen LogP contribution >= 0.6 is 0 Å². The van der Waals surface area contributed by atoms with Gasteiger partial charge >= 0.3 is 0 Å². The first-order valence-electron chi connectivity index (χ1n) is 6.17. The fourth-order valence-corrected chi connectivity index (χ4v) is 1.99. The molecule has 0 amide bonds. The number of rotatable bonds is 7. The van der Waals surface area contributed by atoms with E-state index in [0.29, 0.717) is 5.92 Å². The smallest absolute Gasteiger partial charge is 0.00490 e. The SMILES string of the molecule is CC(C)CC(C)CCC(C)C(C)CN. The van der Waals surface area contributed by atoms with E-state index in [1.165, 1.54) is 19.3 Å². The second-order valence-corrected chi connectivity index (χ2v) is 5.50. The van der Waals surface area contributed by atoms with Crippen LogP contribution in [0.25, 0.3) is 0 Å². The summed E-state index contributed by atoms with van der Waals surface area (Å²) in [6.07, 6.45) is 4.07. The molecule has 0 heterocycles. The van der Waals surface area contributed by atoms with Gasteiger partial charge in [0.15, 0.2) is 0 Å². The van der Waals surface area contributed by atoms with Crippen LogP contribution in [-0.4, -0.2) is 6.54 Å². The molecule has 0 saturated carbocycles. The summed E-state index contributed by atoms with van der Waals surface area (Å²) in [5, 5.41) is 0. The van der Waals surface area contributed by atoms with Gasteiger partial charge in [-0.15, -0.1) is 0 Å². The lowest BCUT2D eigenvalue weighted by atomic mass is 9.86. The van der Waals surface area contributed by atoms with Crippen LogP contribution in [0.3, 0.4) is 0 Å². The molecule has 2 N–H and O–H groups in total. The second-order valence-electron chi connectivity index (χ2n) is 5.50. The van der Waals surface area contributed by atoms with Gasteiger partial charge in [0.1, 0.15) is 0 Å². The van der Waals surface area contributed by atoms with E-state index in [1.54, 1.807) is 0 Å². The second kappa shape index (κ2) is 7.28. The molecule has 3 unspecified atom stereocenters. The zero-order valence-electron chi connectivity index (χ0n) is 10.7. The predicted molar refractivity (Wildman–Crippen MR) is 65.2 cm³/mol. The molecule has 0 aliphatic rings. The van der Waals surface area contributed by atoms with Crippen LogP contribution in [0.4, 0.5) is 0 Å². The summed E-state index contributed by atoms with van der Waals surface area (Å²) in [5.74, 6) is 3.19. The van der Waals surface area contributed by atoms with Crippen molar-refractivity contribution in [2.75, 3.05) is 6.54 Å². The van der Waals surface area contributed by atoms with Gasteiger partial charge in [-0.25, -0.2) is 0 Å². The van der Waals surface area contributed by atoms with Crippen molar-refractivity contribution in [3.63, 3.8) is 0 Å². The predicted octanol–water partition coefficient (Wildman–Crippen LogP) is 3.68. The minimum Gasteiger partial charge on any atom is -0.330 e. The van der Waals surface area contributed by atoms with Crippen LogP contribution in [0.2, 0.25) is 0 Å². The molecule has 0 rings (SSSR count). The standard InChI is InChI=1S/C13H29N/c1-10(2)8-11(3)6-7-12(4)13(5)9-14/h10-13H,6-9,14H2,1-5H3. The Bertz CT molecular complexity index is 131. The van der Waals surface area contributed by atoms with Crippen molar-refractivity contribution < 1.29 is 0 Å². The summed E-state index contributed by atoms with van der Waals surface area (Å²) in [4.78, 5) is 0. The zero-order chi connectivity index (χ0) is 11.1. The zero-order valence-corrected chi connectivity index (χ0v) is 10.7. The van der Waals surface area contributed by atoms with Crippen molar-refractivity contribution in [2.45, 2.75) is 53.9 Å². The summed E-state index contributed by atoms with van der Waals surface area (Å²) in [6, 6.07) is 0. The number of hydrogen-bond acceptors (Lipinski definition) is 1. The van der Waals surface area contributed by atoms with Gasteiger partial charge in [0.05, 0.1) is 0 Å². The fourth-order valence-electron chi connectivity index (χ4n) is 1.99. The molecule has 1 heteroatoms. The average molecular weight is 199 g/mol. The van der Waals surface area contributed by atoms with Crippen molar-refractivity contribution in [2.24, 2.45) is 29.4 Å². The number of hydrogen-bond donors (Lipinski definition) is 1. The largest absolute Gasteiger partial charge is 0.330 e. The molecule has 14 heavy (non-hydrogen) atoms. The monoisotopic (exact) mass is 199 g/mol. The molecule has 0 fully saturated rings. The van der Waals surface area contributed by atoms with Gasteiger partial charge in [-0.05, 0) is 36.6 Å². The third kappa shape index (κ3) is 6.42. The maximum atomic E-state index is 5.66. The van der Waals surface area contributed by atoms with Crippen LogP contribution in [0.15, 0.2) is 0 Å². The van der Waals surface area contributed by atoms with Gasteiger partial charge in [0.25, 0.3) is 0 Å². The normalized spacial score (nSPS) is 18.2. The fraction of sp³-hybridized carbons (Fsp3) is 1.00. The maximum absolute atomic E-state index is 5.66. The van der Waals surface area contributed by atoms with E-state index in [9.17, 15) is 0 Å². The minimum atomic E-state index is 0.682. The van der Waals surface area contributed by atoms with Gasteiger partial charge in [-0.3, -0.25) is 0 Å². The van der Waals surface area contributed by atoms with Crippen LogP contribution in [0.5, 0.6) is 0 Å². The minimum absolute atomic E-state index is 0.682. The lowest BCUT2D eigenvalue weighted by Gasteiger charge is -2.21. The van der Waals surface area contributed by atoms with E-state index in [2.05, 4.69) is 34.6 Å². The molecule has 1 nitrogen and oxygen atoms in total. The lowest BCUT2D eigenvalue weighted by Crippen LogP contribution is -2.19. The molecule has 0 radical (unpaired) electrons. The first kappa shape index (κ1) is 14.0. The molecule has 0 aromatic rings. The summed E-state index contributed by atoms with van der Waals surface area (Å²) in [7, 11) is 0. The molecule has 0 aromatic carbocycles. The highest BCUT2D eigenvalue weighted by atomic mass is 14.5. The highest BCUT2D eigenvalue weighted by Crippen LogP contribution is 2.22. The van der Waals surface area contributed by atoms with Crippen LogP contribution in [-0.2, 0) is 0 Å². The molecule has 0 bridgehead atoms. The molecular formula is C13H29N. The molecule has 86 valence electrons. The Morgan fingerprint density at radius 3 is 1.86 bits per heavy atom. The average Bonchev–Trinajstić information content (AvgIpc) is 2.11. The van der Waals surface area contributed by atoms with Gasteiger partial charge in [-0.2, -0.15) is 0 Å². The Balaban J connectivity index is 3.60. The maximum Gasteiger partial charge on any atom is -0.00490 e. The van der Waals surface area contributed by atoms with Gasteiger partial charge in [0.2, 0.25) is 0 Å². The Kier molecular flexibility index (Phi) is 7.26. The van der Waals surface area contributed by atoms with E-state index < -0.39 is 0 Å². The molecule has 0 saturated heterocycles. The first-order valence-corrected chi connectivity index (χ1v) is 6.17. The highest BCUT2D eigenvalue weighted by molar-refractivity contribution is 4.65. The van der Waals surface area contributed by atoms with Gasteiger partial charge in [0, 0.05) is 0 Å². The van der Waals surface area contributed by atoms with Gasteiger partial charge < -0.3 is 5.73 Å². The quantitative estimate of drug-likeness (QED) is 0.665. The molecule has 0 spiro atoms. The molecule has 3 atom stereocenters. The first-order chi connectivity index (χ1) is 6.47. The molecule has 0 aromatic heterocycles. The van der Waals surface area contributed by atoms with E-state index in [4.69, 9.17) is 5.73 Å². The third-order valence-corrected chi connectivity index (χ3v) is 3.33. The molecular weight excluding hydrogens is 170 g/mol. The van der Waals surface area contributed by atoms with Crippen LogP contribution < -0.4 is 5.73 Å². The molecule has 0 aliphatic carbocycles. The highest BCUT2D eigenvalue weighted by Gasteiger charge is 2.12. The Morgan fingerprint density at radius 1 is 0.857 bits per heavy atom. The van der Waals surface area contributed by atoms with Crippen molar-refractivity contribution in [3.05, 3.63) is 0 Å². The Hall–Kier alpha value is -0.0400. The summed E-state index contributed by atoms with van der Waals surface area (Å²) < 4.78 is 0. The van der Waals surface area contributed by atoms with Crippen molar-refractivity contribution >= 4 is 0 Å². The van der Waals surface area contributed by atoms with Crippen molar-refractivity contribution in [1.29, 1.82) is 0 Å². The molecule has 0 aliphatic heterocycles. The lowest BCUT2D eigenvalue weighted by molar-refractivity contribution is 0.317. The van der Waals surface area contributed by atoms with Gasteiger partial charge in [-0.1, -0.05) is 47.5 Å². The van der Waals surface area contributed by atoms with Crippen LogP contribution in [0.1, 0.15) is 53.9 Å².